The quantitative estimate of drug-likeness (QED) is 0.299. The van der Waals surface area contributed by atoms with E-state index in [4.69, 9.17) is 14.0 Å². The molecular formula is C26H35N5O7. The molecule has 0 aromatic carbocycles. The fraction of sp³-hybridized carbons (Fsp3) is 0.538. The van der Waals surface area contributed by atoms with E-state index in [1.165, 1.54) is 13.2 Å². The minimum absolute atomic E-state index is 0.00638. The lowest BCUT2D eigenvalue weighted by Gasteiger charge is -2.26. The molecule has 1 aliphatic heterocycles. The summed E-state index contributed by atoms with van der Waals surface area (Å²) < 4.78 is 15.4. The summed E-state index contributed by atoms with van der Waals surface area (Å²) in [7, 11) is 1.38. The van der Waals surface area contributed by atoms with E-state index in [0.29, 0.717) is 24.4 Å². The zero-order valence-electron chi connectivity index (χ0n) is 22.3. The minimum atomic E-state index is -1.12. The highest BCUT2D eigenvalue weighted by molar-refractivity contribution is 5.99. The number of pyridine rings is 1. The van der Waals surface area contributed by atoms with Gasteiger partial charge < -0.3 is 29.9 Å². The van der Waals surface area contributed by atoms with Crippen LogP contribution in [0.4, 0.5) is 0 Å². The van der Waals surface area contributed by atoms with Crippen LogP contribution in [-0.4, -0.2) is 77.7 Å². The maximum atomic E-state index is 13.5. The molecule has 0 radical (unpaired) electrons. The van der Waals surface area contributed by atoms with E-state index in [2.05, 4.69) is 26.1 Å². The van der Waals surface area contributed by atoms with Gasteiger partial charge in [0.25, 0.3) is 5.91 Å². The molecule has 3 unspecified atom stereocenters. The summed E-state index contributed by atoms with van der Waals surface area (Å²) in [5, 5.41) is 11.7. The lowest BCUT2D eigenvalue weighted by atomic mass is 9.93. The first-order chi connectivity index (χ1) is 18.0. The highest BCUT2D eigenvalue weighted by Gasteiger charge is 2.50. The summed E-state index contributed by atoms with van der Waals surface area (Å²) in [6.45, 7) is 7.38. The van der Waals surface area contributed by atoms with Gasteiger partial charge in [-0.05, 0) is 37.8 Å². The molecule has 1 aliphatic rings. The SMILES string of the molecule is COCC(NC(=O)c1cc(C)on1)C(=O)N[C@@H](Cc1cccnc1)C(=O)NC(CC(C)C)C(=O)C1(C)CO1. The third kappa shape index (κ3) is 7.93. The molecule has 1 saturated heterocycles. The van der Waals surface area contributed by atoms with Crippen molar-refractivity contribution in [3.8, 4) is 0 Å². The summed E-state index contributed by atoms with van der Waals surface area (Å²) in [6.07, 6.45) is 3.71. The van der Waals surface area contributed by atoms with Crippen LogP contribution in [0.5, 0.6) is 0 Å². The van der Waals surface area contributed by atoms with Gasteiger partial charge in [-0.25, -0.2) is 0 Å². The molecule has 0 aliphatic carbocycles. The standard InChI is InChI=1S/C26H35N5O7/c1-15(2)9-18(22(32)26(4)14-37-26)28-23(33)19(11-17-7-6-8-27-12-17)29-25(35)21(13-36-5)30-24(34)20-10-16(3)38-31-20/h6-8,10,12,15,18-19,21H,9,11,13-14H2,1-5H3,(H,28,33)(H,29,35)(H,30,34)/t18?,19-,21?,26?/m0/s1. The van der Waals surface area contributed by atoms with Crippen LogP contribution in [-0.2, 0) is 30.3 Å². The first kappa shape index (κ1) is 28.9. The van der Waals surface area contributed by atoms with E-state index in [0.717, 1.165) is 0 Å². The van der Waals surface area contributed by atoms with Crippen molar-refractivity contribution >= 4 is 23.5 Å². The molecule has 0 spiro atoms. The van der Waals surface area contributed by atoms with Crippen LogP contribution >= 0.6 is 0 Å². The number of nitrogens with one attached hydrogen (secondary N) is 3. The fourth-order valence-electron chi connectivity index (χ4n) is 3.89. The Morgan fingerprint density at radius 2 is 1.79 bits per heavy atom. The van der Waals surface area contributed by atoms with E-state index in [1.807, 2.05) is 13.8 Å². The number of methoxy groups -OCH3 is 1. The van der Waals surface area contributed by atoms with Gasteiger partial charge in [-0.2, -0.15) is 0 Å². The van der Waals surface area contributed by atoms with Crippen molar-refractivity contribution in [1.29, 1.82) is 0 Å². The Kier molecular flexibility index (Phi) is 9.70. The van der Waals surface area contributed by atoms with Crippen molar-refractivity contribution in [3.63, 3.8) is 0 Å². The Bertz CT molecular complexity index is 1130. The molecule has 12 heteroatoms. The Morgan fingerprint density at radius 1 is 1.11 bits per heavy atom. The molecule has 0 bridgehead atoms. The second kappa shape index (κ2) is 12.7. The zero-order chi connectivity index (χ0) is 27.9. The molecule has 3 N–H and O–H groups in total. The van der Waals surface area contributed by atoms with Crippen molar-refractivity contribution in [2.75, 3.05) is 20.3 Å². The monoisotopic (exact) mass is 529 g/mol. The number of hydrogen-bond acceptors (Lipinski definition) is 9. The number of carbonyl (C=O) groups is 4. The molecule has 2 aromatic rings. The average Bonchev–Trinajstić information content (AvgIpc) is 3.48. The molecule has 4 atom stereocenters. The fourth-order valence-corrected chi connectivity index (χ4v) is 3.89. The number of ketones is 1. The summed E-state index contributed by atoms with van der Waals surface area (Å²) in [6, 6.07) is 1.96. The third-order valence-electron chi connectivity index (χ3n) is 6.05. The highest BCUT2D eigenvalue weighted by Crippen LogP contribution is 2.29. The number of aromatic nitrogens is 2. The molecular weight excluding hydrogens is 494 g/mol. The number of nitrogens with zero attached hydrogens (tertiary/aromatic N) is 2. The molecule has 38 heavy (non-hydrogen) atoms. The lowest BCUT2D eigenvalue weighted by Crippen LogP contribution is -2.58. The molecule has 0 saturated carbocycles. The van der Waals surface area contributed by atoms with Gasteiger partial charge in [0, 0.05) is 32.0 Å². The Labute approximate surface area is 221 Å². The molecule has 12 nitrogen and oxygen atoms in total. The minimum Gasteiger partial charge on any atom is -0.382 e. The predicted octanol–water partition coefficient (Wildman–Crippen LogP) is 0.739. The average molecular weight is 530 g/mol. The first-order valence-electron chi connectivity index (χ1n) is 12.4. The number of epoxide rings is 1. The van der Waals surface area contributed by atoms with Gasteiger partial charge >= 0.3 is 0 Å². The van der Waals surface area contributed by atoms with Gasteiger partial charge in [0.2, 0.25) is 11.8 Å². The van der Waals surface area contributed by atoms with Crippen molar-refractivity contribution in [1.82, 2.24) is 26.1 Å². The molecule has 2 aromatic heterocycles. The first-order valence-corrected chi connectivity index (χ1v) is 12.4. The van der Waals surface area contributed by atoms with Crippen LogP contribution in [0.25, 0.3) is 0 Å². The van der Waals surface area contributed by atoms with E-state index in [-0.39, 0.29) is 30.4 Å². The molecule has 206 valence electrons. The third-order valence-corrected chi connectivity index (χ3v) is 6.05. The number of amides is 3. The normalized spacial score (nSPS) is 18.8. The van der Waals surface area contributed by atoms with Crippen molar-refractivity contribution in [2.24, 2.45) is 5.92 Å². The maximum absolute atomic E-state index is 13.5. The second-order valence-electron chi connectivity index (χ2n) is 10.0. The number of aryl methyl sites for hydroxylation is 1. The van der Waals surface area contributed by atoms with Gasteiger partial charge in [-0.3, -0.25) is 24.2 Å². The molecule has 3 heterocycles. The second-order valence-corrected chi connectivity index (χ2v) is 10.0. The summed E-state index contributed by atoms with van der Waals surface area (Å²) in [5.74, 6) is -1.47. The number of ether oxygens (including phenoxy) is 2. The van der Waals surface area contributed by atoms with Gasteiger partial charge in [0.1, 0.15) is 23.4 Å². The Morgan fingerprint density at radius 3 is 2.34 bits per heavy atom. The molecule has 3 rings (SSSR count). The summed E-state index contributed by atoms with van der Waals surface area (Å²) >= 11 is 0. The topological polar surface area (TPSA) is 165 Å². The maximum Gasteiger partial charge on any atom is 0.274 e. The number of Topliss-reactive ketones (excluding diaryl/α,β-unsaturated/α-hetero) is 1. The van der Waals surface area contributed by atoms with Gasteiger partial charge in [0.15, 0.2) is 11.5 Å². The summed E-state index contributed by atoms with van der Waals surface area (Å²) in [5.41, 5.74) is -0.211. The summed E-state index contributed by atoms with van der Waals surface area (Å²) in [4.78, 5) is 56.4. The van der Waals surface area contributed by atoms with Crippen molar-refractivity contribution in [3.05, 3.63) is 47.6 Å². The van der Waals surface area contributed by atoms with Crippen LogP contribution in [0.15, 0.2) is 35.1 Å². The van der Waals surface area contributed by atoms with E-state index >= 15 is 0 Å². The smallest absolute Gasteiger partial charge is 0.274 e. The van der Waals surface area contributed by atoms with Crippen LogP contribution < -0.4 is 16.0 Å². The lowest BCUT2D eigenvalue weighted by molar-refractivity contribution is -0.133. The number of rotatable bonds is 14. The largest absolute Gasteiger partial charge is 0.382 e. The number of carbonyl (C=O) groups excluding carboxylic acids is 4. The van der Waals surface area contributed by atoms with Gasteiger partial charge in [0.05, 0.1) is 19.3 Å². The van der Waals surface area contributed by atoms with Crippen LogP contribution in [0, 0.1) is 12.8 Å². The number of hydrogen-bond donors (Lipinski definition) is 3. The molecule has 1 fully saturated rings. The van der Waals surface area contributed by atoms with Crippen LogP contribution in [0.2, 0.25) is 0 Å². The van der Waals surface area contributed by atoms with Crippen LogP contribution in [0.3, 0.4) is 0 Å². The molecule has 3 amide bonds. The van der Waals surface area contributed by atoms with Crippen molar-refractivity contribution in [2.45, 2.75) is 64.3 Å². The predicted molar refractivity (Wildman–Crippen MR) is 135 cm³/mol. The van der Waals surface area contributed by atoms with Gasteiger partial charge in [-0.1, -0.05) is 25.1 Å². The van der Waals surface area contributed by atoms with E-state index < -0.39 is 41.4 Å². The Hall–Kier alpha value is -3.64. The van der Waals surface area contributed by atoms with E-state index in [1.54, 1.807) is 38.4 Å². The van der Waals surface area contributed by atoms with Gasteiger partial charge in [-0.15, -0.1) is 0 Å². The Balaban J connectivity index is 1.78. The van der Waals surface area contributed by atoms with Crippen molar-refractivity contribution < 1.29 is 33.2 Å². The zero-order valence-corrected chi connectivity index (χ0v) is 22.3. The van der Waals surface area contributed by atoms with E-state index in [9.17, 15) is 19.2 Å². The highest BCUT2D eigenvalue weighted by atomic mass is 16.6. The van der Waals surface area contributed by atoms with Crippen LogP contribution in [0.1, 0.15) is 49.0 Å².